The van der Waals surface area contributed by atoms with E-state index >= 15 is 0 Å². The van der Waals surface area contributed by atoms with Gasteiger partial charge in [-0.05, 0) is 120 Å². The van der Waals surface area contributed by atoms with Crippen LogP contribution in [0.2, 0.25) is 0 Å². The van der Waals surface area contributed by atoms with Gasteiger partial charge in [0.15, 0.2) is 11.5 Å². The molecule has 3 heterocycles. The molecule has 5 aromatic rings. The fourth-order valence-electron chi connectivity index (χ4n) is 6.82. The van der Waals surface area contributed by atoms with Crippen LogP contribution in [0.3, 0.4) is 0 Å². The predicted molar refractivity (Wildman–Crippen MR) is 216 cm³/mol. The Morgan fingerprint density at radius 2 is 1.04 bits per heavy atom. The largest absolute Gasteiger partial charge is 0.504 e. The van der Waals surface area contributed by atoms with E-state index in [0.717, 1.165) is 61.1 Å². The summed E-state index contributed by atoms with van der Waals surface area (Å²) in [4.78, 5) is 53.1. The van der Waals surface area contributed by atoms with Crippen molar-refractivity contribution in [2.45, 2.75) is 34.1 Å². The lowest BCUT2D eigenvalue weighted by Gasteiger charge is -2.32. The van der Waals surface area contributed by atoms with Crippen molar-refractivity contribution >= 4 is 23.8 Å². The molecule has 6 N–H and O–H groups in total. The van der Waals surface area contributed by atoms with Gasteiger partial charge in [-0.15, -0.1) is 0 Å². The molecule has 14 heteroatoms. The number of phenolic OH excluding ortho intramolecular Hbond substituents is 2. The molecule has 2 amide bonds. The number of carbonyl (C=O) groups excluding carboxylic acids is 2. The Morgan fingerprint density at radius 3 is 1.47 bits per heavy atom. The van der Waals surface area contributed by atoms with E-state index in [2.05, 4.69) is 27.5 Å². The number of aryl methyl sites for hydroxylation is 4. The summed E-state index contributed by atoms with van der Waals surface area (Å²) in [6.45, 7) is 13.4. The van der Waals surface area contributed by atoms with Gasteiger partial charge in [0, 0.05) is 79.7 Å². The number of aromatic nitrogens is 2. The van der Waals surface area contributed by atoms with Crippen molar-refractivity contribution in [2.24, 2.45) is 0 Å². The monoisotopic (exact) mass is 778 g/mol. The number of phenols is 2. The van der Waals surface area contributed by atoms with Gasteiger partial charge < -0.3 is 45.1 Å². The van der Waals surface area contributed by atoms with Crippen LogP contribution in [-0.4, -0.2) is 116 Å². The topological polar surface area (TPSA) is 190 Å². The third-order valence-electron chi connectivity index (χ3n) is 10.1. The summed E-state index contributed by atoms with van der Waals surface area (Å²) in [5.41, 5.74) is 6.41. The van der Waals surface area contributed by atoms with Gasteiger partial charge in [0.05, 0.1) is 22.5 Å². The molecule has 0 spiro atoms. The number of nitrogens with zero attached hydrogens (tertiary/aromatic N) is 4. The van der Waals surface area contributed by atoms with Crippen LogP contribution in [0.15, 0.2) is 78.9 Å². The lowest BCUT2D eigenvalue weighted by atomic mass is 10.1. The molecule has 0 atom stereocenters. The minimum atomic E-state index is -1.06. The van der Waals surface area contributed by atoms with Crippen LogP contribution in [0.4, 0.5) is 0 Å². The molecule has 1 aliphatic rings. The van der Waals surface area contributed by atoms with Crippen LogP contribution >= 0.6 is 0 Å². The Bertz CT molecular complexity index is 2230. The van der Waals surface area contributed by atoms with E-state index in [0.29, 0.717) is 42.0 Å². The highest BCUT2D eigenvalue weighted by Crippen LogP contribution is 2.26. The van der Waals surface area contributed by atoms with Crippen molar-refractivity contribution in [3.8, 4) is 22.9 Å². The molecule has 2 aromatic heterocycles. The number of benzene rings is 3. The van der Waals surface area contributed by atoms with Crippen molar-refractivity contribution in [2.75, 3.05) is 52.9 Å². The molecule has 0 aliphatic carbocycles. The average Bonchev–Trinajstić information content (AvgIpc) is 3.70. The van der Waals surface area contributed by atoms with E-state index in [-0.39, 0.29) is 34.4 Å². The van der Waals surface area contributed by atoms with E-state index in [1.807, 2.05) is 56.5 Å². The Hall–Kier alpha value is -6.38. The molecule has 0 saturated carbocycles. The van der Waals surface area contributed by atoms with Gasteiger partial charge in [0.2, 0.25) is 0 Å². The number of rotatable bonds is 12. The first-order valence-corrected chi connectivity index (χ1v) is 18.7. The fraction of sp³-hybridized carbons (Fsp3) is 0.302. The van der Waals surface area contributed by atoms with Crippen LogP contribution in [-0.2, 0) is 6.42 Å². The quantitative estimate of drug-likeness (QED) is 0.0947. The van der Waals surface area contributed by atoms with E-state index in [1.54, 1.807) is 28.8 Å². The van der Waals surface area contributed by atoms with E-state index in [9.17, 15) is 39.6 Å². The minimum Gasteiger partial charge on any atom is -0.504 e. The maximum absolute atomic E-state index is 12.6. The average molecular weight is 779 g/mol. The molecule has 1 saturated heterocycles. The molecule has 6 rings (SSSR count). The standard InChI is InChI=1S/C22H22N2O5.C21H28N4O3/c1-13-3-4-14(2)24(13)18-12-16(6-7-17(18)22(28)29)21(27)23-10-9-15-5-8-19(25)20(26)11-15;1-15-4-5-16(2)25(15)19-14-17(6-7-18(19)21(27)28)20(26)22-8-9-24-12-10-23(3)11-13-24/h3-8,11-12,25-26H,9-10H2,1-2H3,(H,23,27)(H,28,29);4-7,14H,8-13H2,1-3H3,(H,22,26)(H,27,28). The van der Waals surface area contributed by atoms with Gasteiger partial charge in [0.25, 0.3) is 11.8 Å². The highest BCUT2D eigenvalue weighted by molar-refractivity contribution is 5.99. The zero-order chi connectivity index (χ0) is 41.4. The first-order valence-electron chi connectivity index (χ1n) is 18.7. The number of carbonyl (C=O) groups is 4. The van der Waals surface area contributed by atoms with E-state index < -0.39 is 11.9 Å². The number of nitrogens with one attached hydrogen (secondary N) is 2. The maximum Gasteiger partial charge on any atom is 0.337 e. The van der Waals surface area contributed by atoms with Crippen LogP contribution in [0.1, 0.15) is 69.8 Å². The van der Waals surface area contributed by atoms with E-state index in [4.69, 9.17) is 0 Å². The number of hydrogen-bond acceptors (Lipinski definition) is 8. The lowest BCUT2D eigenvalue weighted by Crippen LogP contribution is -2.46. The Labute approximate surface area is 331 Å². The summed E-state index contributed by atoms with van der Waals surface area (Å²) in [7, 11) is 2.12. The summed E-state index contributed by atoms with van der Waals surface area (Å²) in [5.74, 6) is -2.99. The molecule has 1 aliphatic heterocycles. The second-order valence-electron chi connectivity index (χ2n) is 14.2. The molecule has 1 fully saturated rings. The van der Waals surface area contributed by atoms with Gasteiger partial charge in [0.1, 0.15) is 0 Å². The molecular weight excluding hydrogens is 729 g/mol. The minimum absolute atomic E-state index is 0.114. The Kier molecular flexibility index (Phi) is 13.6. The number of likely N-dealkylation sites (N-methyl/N-ethyl adjacent to an activating group) is 1. The molecule has 3 aromatic carbocycles. The lowest BCUT2D eigenvalue weighted by molar-refractivity contribution is 0.0686. The molecule has 57 heavy (non-hydrogen) atoms. The molecular formula is C43H50N6O8. The van der Waals surface area contributed by atoms with Crippen LogP contribution in [0.5, 0.6) is 11.5 Å². The SMILES string of the molecule is Cc1ccc(C)n1-c1cc(C(=O)NCCN2CCN(C)CC2)ccc1C(=O)O.Cc1ccc(C)n1-c1cc(C(=O)NCCc2ccc(O)c(O)c2)ccc1C(=O)O. The highest BCUT2D eigenvalue weighted by atomic mass is 16.4. The van der Waals surface area contributed by atoms with Crippen molar-refractivity contribution in [1.82, 2.24) is 29.6 Å². The summed E-state index contributed by atoms with van der Waals surface area (Å²) in [5, 5.41) is 43.7. The molecule has 14 nitrogen and oxygen atoms in total. The molecule has 0 bridgehead atoms. The molecule has 0 radical (unpaired) electrons. The Morgan fingerprint density at radius 1 is 0.579 bits per heavy atom. The van der Waals surface area contributed by atoms with Gasteiger partial charge in [-0.1, -0.05) is 6.07 Å². The second-order valence-corrected chi connectivity index (χ2v) is 14.2. The van der Waals surface area contributed by atoms with Gasteiger partial charge in [-0.2, -0.15) is 0 Å². The van der Waals surface area contributed by atoms with Crippen LogP contribution in [0, 0.1) is 27.7 Å². The number of hydrogen-bond donors (Lipinski definition) is 6. The van der Waals surface area contributed by atoms with Gasteiger partial charge >= 0.3 is 11.9 Å². The number of carboxylic acid groups (broad SMARTS) is 2. The predicted octanol–water partition coefficient (Wildman–Crippen LogP) is 4.95. The number of piperazine rings is 1. The number of aromatic hydroxyl groups is 2. The zero-order valence-corrected chi connectivity index (χ0v) is 32.9. The van der Waals surface area contributed by atoms with Crippen molar-refractivity contribution in [3.63, 3.8) is 0 Å². The van der Waals surface area contributed by atoms with Crippen molar-refractivity contribution < 1.29 is 39.6 Å². The third-order valence-corrected chi connectivity index (χ3v) is 10.1. The van der Waals surface area contributed by atoms with Gasteiger partial charge in [-0.25, -0.2) is 9.59 Å². The van der Waals surface area contributed by atoms with Crippen molar-refractivity contribution in [3.05, 3.63) is 129 Å². The number of aromatic carboxylic acids is 2. The summed E-state index contributed by atoms with van der Waals surface area (Å²) in [6, 6.07) is 21.4. The fourth-order valence-corrected chi connectivity index (χ4v) is 6.82. The normalized spacial score (nSPS) is 13.1. The highest BCUT2D eigenvalue weighted by Gasteiger charge is 2.20. The van der Waals surface area contributed by atoms with Gasteiger partial charge in [-0.3, -0.25) is 14.5 Å². The van der Waals surface area contributed by atoms with Crippen LogP contribution in [0.25, 0.3) is 11.4 Å². The zero-order valence-electron chi connectivity index (χ0n) is 32.9. The summed E-state index contributed by atoms with van der Waals surface area (Å²) < 4.78 is 3.67. The smallest absolute Gasteiger partial charge is 0.337 e. The number of amides is 2. The van der Waals surface area contributed by atoms with E-state index in [1.165, 1.54) is 30.3 Å². The summed E-state index contributed by atoms with van der Waals surface area (Å²) >= 11 is 0. The summed E-state index contributed by atoms with van der Waals surface area (Å²) in [6.07, 6.45) is 0.468. The third kappa shape index (κ3) is 10.3. The maximum atomic E-state index is 12.6. The molecule has 0 unspecified atom stereocenters. The van der Waals surface area contributed by atoms with Crippen LogP contribution < -0.4 is 10.6 Å². The second kappa shape index (κ2) is 18.5. The number of carboxylic acids is 2. The first-order chi connectivity index (χ1) is 27.1. The Balaban J connectivity index is 0.000000218. The molecule has 300 valence electrons. The van der Waals surface area contributed by atoms with Crippen molar-refractivity contribution in [1.29, 1.82) is 0 Å². The first kappa shape index (κ1) is 41.8.